The van der Waals surface area contributed by atoms with Crippen molar-refractivity contribution in [1.29, 1.82) is 0 Å². The lowest BCUT2D eigenvalue weighted by atomic mass is 10.0. The molecule has 0 saturated heterocycles. The highest BCUT2D eigenvalue weighted by Crippen LogP contribution is 2.38. The summed E-state index contributed by atoms with van der Waals surface area (Å²) >= 11 is 0. The van der Waals surface area contributed by atoms with Crippen LogP contribution in [0.4, 0.5) is 0 Å². The van der Waals surface area contributed by atoms with E-state index in [0.29, 0.717) is 23.9 Å². The van der Waals surface area contributed by atoms with Gasteiger partial charge in [-0.3, -0.25) is 14.2 Å². The molecule has 0 aromatic carbocycles. The summed E-state index contributed by atoms with van der Waals surface area (Å²) in [4.78, 5) is 37.7. The summed E-state index contributed by atoms with van der Waals surface area (Å²) < 4.78 is 33.9. The van der Waals surface area contributed by atoms with Gasteiger partial charge in [0, 0.05) is 12.8 Å². The van der Waals surface area contributed by atoms with Gasteiger partial charge < -0.3 is 27.9 Å². The Bertz CT molecular complexity index is 1590. The smallest absolute Gasteiger partial charge is 0.306 e. The summed E-state index contributed by atoms with van der Waals surface area (Å²) in [6, 6.07) is 0. The standard InChI is InChI=1S/C60H100NO8P/c1-6-8-10-12-14-16-18-20-21-22-23-24-25-26-27-28-29-30-31-32-33-34-35-36-37-38-39-41-43-45-47-49-51-53-60(63)69-58(57-68-70(64,65)67-55-54-61(3,4)5)56-66-59(62)52-50-48-46-44-42-40-19-17-15-13-11-9-7-2/h8-11,14-17,20-21,23-24,26-27,29-30,40,42,46,48,58H,6-7,12-13,18-19,22,25,28,31-39,41,43-45,47,49-57H2,1-5H3/b10-8-,11-9-,16-14-,17-15-,21-20-,24-23-,27-26-,30-29-,42-40-,48-46-. The van der Waals surface area contributed by atoms with Crippen molar-refractivity contribution in [3.8, 4) is 0 Å². The van der Waals surface area contributed by atoms with E-state index in [1.807, 2.05) is 33.3 Å². The van der Waals surface area contributed by atoms with E-state index in [1.54, 1.807) is 0 Å². The number of allylic oxidation sites excluding steroid dienone is 20. The maximum absolute atomic E-state index is 12.8. The normalized spacial score (nSPS) is 14.3. The second kappa shape index (κ2) is 50.4. The minimum atomic E-state index is -4.65. The molecule has 398 valence electrons. The minimum Gasteiger partial charge on any atom is -0.756 e. The molecule has 0 heterocycles. The van der Waals surface area contributed by atoms with Gasteiger partial charge in [0.2, 0.25) is 0 Å². The number of quaternary nitrogens is 1. The quantitative estimate of drug-likeness (QED) is 0.0195. The minimum absolute atomic E-state index is 0.0469. The molecule has 9 nitrogen and oxygen atoms in total. The molecule has 0 rings (SSSR count). The second-order valence-electron chi connectivity index (χ2n) is 18.8. The van der Waals surface area contributed by atoms with Crippen molar-refractivity contribution in [2.45, 2.75) is 200 Å². The van der Waals surface area contributed by atoms with Crippen LogP contribution in [0.25, 0.3) is 0 Å². The molecule has 2 unspecified atom stereocenters. The lowest BCUT2D eigenvalue weighted by Crippen LogP contribution is -2.37. The van der Waals surface area contributed by atoms with Gasteiger partial charge in [-0.1, -0.05) is 212 Å². The van der Waals surface area contributed by atoms with Gasteiger partial charge in [-0.25, -0.2) is 0 Å². The van der Waals surface area contributed by atoms with E-state index in [2.05, 4.69) is 123 Å². The molecular weight excluding hydrogens is 894 g/mol. The Morgan fingerprint density at radius 2 is 0.800 bits per heavy atom. The molecule has 2 atom stereocenters. The number of hydrogen-bond acceptors (Lipinski definition) is 8. The number of carbonyl (C=O) groups excluding carboxylic acids is 2. The Balaban J connectivity index is 4.14. The highest BCUT2D eigenvalue weighted by molar-refractivity contribution is 7.45. The van der Waals surface area contributed by atoms with Crippen LogP contribution < -0.4 is 4.89 Å². The molecule has 0 N–H and O–H groups in total. The lowest BCUT2D eigenvalue weighted by Gasteiger charge is -2.28. The van der Waals surface area contributed by atoms with Crippen molar-refractivity contribution in [3.05, 3.63) is 122 Å². The first-order valence-electron chi connectivity index (χ1n) is 27.2. The fraction of sp³-hybridized carbons (Fsp3) is 0.633. The zero-order chi connectivity index (χ0) is 51.3. The Kier molecular flexibility index (Phi) is 47.8. The van der Waals surface area contributed by atoms with Gasteiger partial charge in [0.25, 0.3) is 7.82 Å². The third kappa shape index (κ3) is 53.8. The third-order valence-corrected chi connectivity index (χ3v) is 12.0. The number of phosphoric ester groups is 1. The zero-order valence-electron chi connectivity index (χ0n) is 44.9. The van der Waals surface area contributed by atoms with E-state index in [9.17, 15) is 19.0 Å². The molecule has 0 fully saturated rings. The van der Waals surface area contributed by atoms with Crippen LogP contribution in [-0.4, -0.2) is 70.0 Å². The van der Waals surface area contributed by atoms with Crippen molar-refractivity contribution in [2.75, 3.05) is 47.5 Å². The van der Waals surface area contributed by atoms with Gasteiger partial charge in [-0.15, -0.1) is 0 Å². The van der Waals surface area contributed by atoms with Crippen LogP contribution in [0.5, 0.6) is 0 Å². The van der Waals surface area contributed by atoms with E-state index in [1.165, 1.54) is 70.6 Å². The van der Waals surface area contributed by atoms with Gasteiger partial charge in [0.1, 0.15) is 19.8 Å². The molecule has 0 radical (unpaired) electrons. The van der Waals surface area contributed by atoms with Crippen molar-refractivity contribution in [1.82, 2.24) is 0 Å². The van der Waals surface area contributed by atoms with Crippen LogP contribution in [0, 0.1) is 0 Å². The Morgan fingerprint density at radius 3 is 1.20 bits per heavy atom. The van der Waals surface area contributed by atoms with Crippen molar-refractivity contribution >= 4 is 19.8 Å². The summed E-state index contributed by atoms with van der Waals surface area (Å²) in [6.07, 6.45) is 71.3. The number of unbranched alkanes of at least 4 members (excludes halogenated alkanes) is 14. The lowest BCUT2D eigenvalue weighted by molar-refractivity contribution is -0.870. The predicted octanol–water partition coefficient (Wildman–Crippen LogP) is 16.2. The average molecular weight is 994 g/mol. The van der Waals surface area contributed by atoms with Gasteiger partial charge in [-0.2, -0.15) is 0 Å². The number of likely N-dealkylation sites (N-methyl/N-ethyl adjacent to an activating group) is 1. The number of hydrogen-bond donors (Lipinski definition) is 0. The topological polar surface area (TPSA) is 111 Å². The number of ether oxygens (including phenoxy) is 2. The largest absolute Gasteiger partial charge is 0.756 e. The first-order chi connectivity index (χ1) is 34.0. The summed E-state index contributed by atoms with van der Waals surface area (Å²) in [5.74, 6) is -0.937. The van der Waals surface area contributed by atoms with Gasteiger partial charge in [-0.05, 0) is 89.9 Å². The van der Waals surface area contributed by atoms with Crippen LogP contribution in [0.3, 0.4) is 0 Å². The number of phosphoric acid groups is 1. The van der Waals surface area contributed by atoms with Crippen LogP contribution in [0.2, 0.25) is 0 Å². The van der Waals surface area contributed by atoms with E-state index in [0.717, 1.165) is 83.5 Å². The molecule has 10 heteroatoms. The monoisotopic (exact) mass is 994 g/mol. The summed E-state index contributed by atoms with van der Waals surface area (Å²) in [7, 11) is 1.11. The number of rotatable bonds is 48. The van der Waals surface area contributed by atoms with Gasteiger partial charge in [0.15, 0.2) is 6.10 Å². The first kappa shape index (κ1) is 66.4. The third-order valence-electron chi connectivity index (χ3n) is 11.0. The van der Waals surface area contributed by atoms with Crippen LogP contribution in [-0.2, 0) is 32.7 Å². The van der Waals surface area contributed by atoms with Crippen LogP contribution in [0.15, 0.2) is 122 Å². The molecule has 70 heavy (non-hydrogen) atoms. The molecule has 0 aliphatic rings. The molecule has 0 aliphatic carbocycles. The van der Waals surface area contributed by atoms with Crippen molar-refractivity contribution in [2.24, 2.45) is 0 Å². The fourth-order valence-corrected chi connectivity index (χ4v) is 7.58. The van der Waals surface area contributed by atoms with Crippen LogP contribution in [0.1, 0.15) is 194 Å². The van der Waals surface area contributed by atoms with Crippen molar-refractivity contribution < 1.29 is 42.1 Å². The highest BCUT2D eigenvalue weighted by atomic mass is 31.2. The summed E-state index contributed by atoms with van der Waals surface area (Å²) in [6.45, 7) is 3.90. The van der Waals surface area contributed by atoms with E-state index >= 15 is 0 Å². The number of esters is 2. The predicted molar refractivity (Wildman–Crippen MR) is 295 cm³/mol. The maximum atomic E-state index is 12.8. The summed E-state index contributed by atoms with van der Waals surface area (Å²) in [5.41, 5.74) is 0. The highest BCUT2D eigenvalue weighted by Gasteiger charge is 2.21. The van der Waals surface area contributed by atoms with Crippen molar-refractivity contribution in [3.63, 3.8) is 0 Å². The molecule has 0 spiro atoms. The Morgan fingerprint density at radius 1 is 0.443 bits per heavy atom. The van der Waals surface area contributed by atoms with Gasteiger partial charge >= 0.3 is 11.9 Å². The molecule has 0 amide bonds. The first-order valence-corrected chi connectivity index (χ1v) is 28.7. The van der Waals surface area contributed by atoms with E-state index in [4.69, 9.17) is 18.5 Å². The molecule has 0 bridgehead atoms. The Hall–Kier alpha value is -3.59. The molecule has 0 aliphatic heterocycles. The number of carbonyl (C=O) groups is 2. The van der Waals surface area contributed by atoms with Gasteiger partial charge in [0.05, 0.1) is 27.7 Å². The second-order valence-corrected chi connectivity index (χ2v) is 20.2. The fourth-order valence-electron chi connectivity index (χ4n) is 6.85. The Labute approximate surface area is 428 Å². The average Bonchev–Trinajstić information content (AvgIpc) is 3.32. The molecule has 0 aromatic heterocycles. The van der Waals surface area contributed by atoms with E-state index in [-0.39, 0.29) is 26.1 Å². The molecular formula is C60H100NO8P. The van der Waals surface area contributed by atoms with Crippen LogP contribution >= 0.6 is 7.82 Å². The maximum Gasteiger partial charge on any atom is 0.306 e. The number of nitrogens with zero attached hydrogens (tertiary/aromatic N) is 1. The van der Waals surface area contributed by atoms with E-state index < -0.39 is 32.5 Å². The molecule has 0 saturated carbocycles. The molecule has 0 aromatic rings. The SMILES string of the molecule is CC/C=C\C/C=C\C/C=C\C/C=C\C/C=C\C/C=C\CCCCCCCCCCCCCCCCC(=O)OC(COC(=O)CC/C=C\C/C=C\C/C=C\C/C=C\CC)COP(=O)([O-])OCC[N+](C)(C)C. The summed E-state index contributed by atoms with van der Waals surface area (Å²) in [5, 5.41) is 0. The zero-order valence-corrected chi connectivity index (χ0v) is 45.8.